The Morgan fingerprint density at radius 2 is 1.77 bits per heavy atom. The van der Waals surface area contributed by atoms with E-state index in [0.29, 0.717) is 29.4 Å². The fraction of sp³-hybridized carbons (Fsp3) is 0.227. The predicted octanol–water partition coefficient (Wildman–Crippen LogP) is 3.19. The molecule has 8 nitrogen and oxygen atoms in total. The van der Waals surface area contributed by atoms with E-state index in [1.807, 2.05) is 43.4 Å². The van der Waals surface area contributed by atoms with Crippen molar-refractivity contribution in [3.05, 3.63) is 71.4 Å². The van der Waals surface area contributed by atoms with E-state index in [1.165, 1.54) is 4.31 Å². The zero-order valence-electron chi connectivity index (χ0n) is 17.2. The third-order valence-corrected chi connectivity index (χ3v) is 7.58. The van der Waals surface area contributed by atoms with E-state index in [2.05, 4.69) is 15.2 Å². The van der Waals surface area contributed by atoms with Crippen molar-refractivity contribution in [2.75, 3.05) is 6.54 Å². The van der Waals surface area contributed by atoms with Crippen LogP contribution in [-0.2, 0) is 30.0 Å². The number of nitrogens with zero attached hydrogens (tertiary/aromatic N) is 5. The zero-order chi connectivity index (χ0) is 21.6. The van der Waals surface area contributed by atoms with Gasteiger partial charge < -0.3 is 4.52 Å². The van der Waals surface area contributed by atoms with Crippen molar-refractivity contribution in [3.8, 4) is 23.0 Å². The fourth-order valence-electron chi connectivity index (χ4n) is 3.95. The molecule has 0 saturated heterocycles. The van der Waals surface area contributed by atoms with Crippen LogP contribution in [0, 0.1) is 6.92 Å². The van der Waals surface area contributed by atoms with Crippen molar-refractivity contribution in [3.63, 3.8) is 0 Å². The Balaban J connectivity index is 1.52. The molecule has 0 spiro atoms. The molecule has 0 fully saturated rings. The first-order chi connectivity index (χ1) is 14.9. The van der Waals surface area contributed by atoms with Gasteiger partial charge in [-0.05, 0) is 18.6 Å². The first-order valence-electron chi connectivity index (χ1n) is 9.95. The molecule has 0 saturated carbocycles. The third-order valence-electron chi connectivity index (χ3n) is 5.58. The standard InChI is InChI=1S/C22H21N5O3S/c1-15-8-6-7-11-19(15)31(28,29)27-13-12-18-17(14-27)20(24-26(18)2)22-23-21(25-30-22)16-9-4-3-5-10-16/h3-11H,12-14H2,1-2H3. The maximum absolute atomic E-state index is 13.3. The van der Waals surface area contributed by atoms with E-state index in [1.54, 1.807) is 29.8 Å². The highest BCUT2D eigenvalue weighted by molar-refractivity contribution is 7.89. The summed E-state index contributed by atoms with van der Waals surface area (Å²) in [6.45, 7) is 2.40. The number of hydrogen-bond donors (Lipinski definition) is 0. The molecule has 31 heavy (non-hydrogen) atoms. The minimum atomic E-state index is -3.63. The normalized spacial score (nSPS) is 14.5. The molecule has 0 amide bonds. The number of aryl methyl sites for hydroxylation is 2. The van der Waals surface area contributed by atoms with Gasteiger partial charge in [0.1, 0.15) is 0 Å². The van der Waals surface area contributed by atoms with E-state index in [4.69, 9.17) is 4.52 Å². The van der Waals surface area contributed by atoms with Crippen molar-refractivity contribution in [1.29, 1.82) is 0 Å². The maximum atomic E-state index is 13.3. The summed E-state index contributed by atoms with van der Waals surface area (Å²) in [5, 5.41) is 8.66. The second-order valence-corrected chi connectivity index (χ2v) is 9.45. The molecule has 2 aromatic heterocycles. The van der Waals surface area contributed by atoms with Gasteiger partial charge in [0.05, 0.1) is 4.90 Å². The topological polar surface area (TPSA) is 94.1 Å². The van der Waals surface area contributed by atoms with Crippen LogP contribution in [0.15, 0.2) is 64.0 Å². The first kappa shape index (κ1) is 19.7. The molecule has 3 heterocycles. The lowest BCUT2D eigenvalue weighted by atomic mass is 10.1. The second-order valence-electron chi connectivity index (χ2n) is 7.54. The highest BCUT2D eigenvalue weighted by Gasteiger charge is 2.34. The lowest BCUT2D eigenvalue weighted by Gasteiger charge is -2.27. The summed E-state index contributed by atoms with van der Waals surface area (Å²) in [5.41, 5.74) is 3.87. The predicted molar refractivity (Wildman–Crippen MR) is 114 cm³/mol. The third kappa shape index (κ3) is 3.35. The molecular weight excluding hydrogens is 414 g/mol. The molecule has 1 aliphatic heterocycles. The molecule has 0 aliphatic carbocycles. The van der Waals surface area contributed by atoms with E-state index in [9.17, 15) is 8.42 Å². The molecule has 158 valence electrons. The lowest BCUT2D eigenvalue weighted by Crippen LogP contribution is -2.36. The minimum absolute atomic E-state index is 0.207. The molecule has 1 aliphatic rings. The molecule has 5 rings (SSSR count). The van der Waals surface area contributed by atoms with E-state index in [0.717, 1.165) is 22.4 Å². The van der Waals surface area contributed by atoms with Gasteiger partial charge in [-0.1, -0.05) is 53.7 Å². The van der Waals surface area contributed by atoms with Crippen LogP contribution in [0.1, 0.15) is 16.8 Å². The number of hydrogen-bond acceptors (Lipinski definition) is 6. The number of sulfonamides is 1. The summed E-state index contributed by atoms with van der Waals surface area (Å²) in [6.07, 6.45) is 0.559. The van der Waals surface area contributed by atoms with E-state index in [-0.39, 0.29) is 12.4 Å². The van der Waals surface area contributed by atoms with Gasteiger partial charge in [0.25, 0.3) is 5.89 Å². The number of fused-ring (bicyclic) bond motifs is 1. The van der Waals surface area contributed by atoms with Crippen LogP contribution < -0.4 is 0 Å². The lowest BCUT2D eigenvalue weighted by molar-refractivity contribution is 0.385. The summed E-state index contributed by atoms with van der Waals surface area (Å²) < 4.78 is 35.4. The smallest absolute Gasteiger partial charge is 0.279 e. The summed E-state index contributed by atoms with van der Waals surface area (Å²) in [7, 11) is -1.78. The Labute approximate surface area is 180 Å². The van der Waals surface area contributed by atoms with E-state index < -0.39 is 10.0 Å². The van der Waals surface area contributed by atoms with Gasteiger partial charge in [-0.25, -0.2) is 8.42 Å². The molecule has 0 bridgehead atoms. The van der Waals surface area contributed by atoms with Crippen molar-refractivity contribution in [2.45, 2.75) is 24.8 Å². The van der Waals surface area contributed by atoms with Crippen molar-refractivity contribution < 1.29 is 12.9 Å². The Bertz CT molecular complexity index is 1360. The van der Waals surface area contributed by atoms with Crippen LogP contribution in [0.4, 0.5) is 0 Å². The fourth-order valence-corrected chi connectivity index (χ4v) is 5.59. The van der Waals surface area contributed by atoms with Crippen molar-refractivity contribution >= 4 is 10.0 Å². The maximum Gasteiger partial charge on any atom is 0.279 e. The number of aromatic nitrogens is 4. The van der Waals surface area contributed by atoms with E-state index >= 15 is 0 Å². The van der Waals surface area contributed by atoms with Gasteiger partial charge in [0, 0.05) is 43.4 Å². The summed E-state index contributed by atoms with van der Waals surface area (Å²) in [6, 6.07) is 16.6. The van der Waals surface area contributed by atoms with Gasteiger partial charge >= 0.3 is 0 Å². The van der Waals surface area contributed by atoms with Gasteiger partial charge in [-0.15, -0.1) is 0 Å². The summed E-state index contributed by atoms with van der Waals surface area (Å²) in [5.74, 6) is 0.751. The van der Waals surface area contributed by atoms with Crippen LogP contribution >= 0.6 is 0 Å². The molecule has 0 radical (unpaired) electrons. The Kier molecular flexibility index (Phi) is 4.71. The van der Waals surface area contributed by atoms with Gasteiger partial charge in [0.2, 0.25) is 15.8 Å². The van der Waals surface area contributed by atoms with Gasteiger partial charge in [-0.2, -0.15) is 14.4 Å². The molecule has 4 aromatic rings. The number of benzene rings is 2. The van der Waals surface area contributed by atoms with Crippen LogP contribution in [-0.4, -0.2) is 39.2 Å². The molecule has 0 atom stereocenters. The van der Waals surface area contributed by atoms with Crippen LogP contribution in [0.5, 0.6) is 0 Å². The molecule has 2 aromatic carbocycles. The average Bonchev–Trinajstić information content (AvgIpc) is 3.39. The van der Waals surface area contributed by atoms with Crippen LogP contribution in [0.3, 0.4) is 0 Å². The number of rotatable bonds is 4. The van der Waals surface area contributed by atoms with Crippen molar-refractivity contribution in [2.24, 2.45) is 7.05 Å². The van der Waals surface area contributed by atoms with Crippen LogP contribution in [0.2, 0.25) is 0 Å². The Morgan fingerprint density at radius 3 is 2.55 bits per heavy atom. The monoisotopic (exact) mass is 435 g/mol. The zero-order valence-corrected chi connectivity index (χ0v) is 18.0. The second kappa shape index (κ2) is 7.44. The molecule has 9 heteroatoms. The minimum Gasteiger partial charge on any atom is -0.332 e. The highest BCUT2D eigenvalue weighted by atomic mass is 32.2. The first-order valence-corrected chi connectivity index (χ1v) is 11.4. The molecule has 0 N–H and O–H groups in total. The Hall–Kier alpha value is -3.30. The summed E-state index contributed by atoms with van der Waals surface area (Å²) >= 11 is 0. The average molecular weight is 436 g/mol. The quantitative estimate of drug-likeness (QED) is 0.489. The van der Waals surface area contributed by atoms with Gasteiger partial charge in [0.15, 0.2) is 5.69 Å². The molecular formula is C22H21N5O3S. The largest absolute Gasteiger partial charge is 0.332 e. The highest BCUT2D eigenvalue weighted by Crippen LogP contribution is 2.32. The van der Waals surface area contributed by atoms with Gasteiger partial charge in [-0.3, -0.25) is 4.68 Å². The Morgan fingerprint density at radius 1 is 1.03 bits per heavy atom. The SMILES string of the molecule is Cc1ccccc1S(=O)(=O)N1CCc2c(c(-c3nc(-c4ccccc4)no3)nn2C)C1. The van der Waals surface area contributed by atoms with Crippen molar-refractivity contribution in [1.82, 2.24) is 24.2 Å². The summed E-state index contributed by atoms with van der Waals surface area (Å²) in [4.78, 5) is 4.84. The van der Waals surface area contributed by atoms with Crippen LogP contribution in [0.25, 0.3) is 23.0 Å². The molecule has 0 unspecified atom stereocenters.